The first-order valence-electron chi connectivity index (χ1n) is 8.23. The lowest BCUT2D eigenvalue weighted by Gasteiger charge is -2.34. The number of halogens is 1. The molecule has 6 nitrogen and oxygen atoms in total. The van der Waals surface area contributed by atoms with Gasteiger partial charge < -0.3 is 9.64 Å². The summed E-state index contributed by atoms with van der Waals surface area (Å²) in [4.78, 5) is 18.5. The summed E-state index contributed by atoms with van der Waals surface area (Å²) in [7, 11) is 0. The third kappa shape index (κ3) is 3.41. The van der Waals surface area contributed by atoms with Crippen molar-refractivity contribution in [3.05, 3.63) is 22.6 Å². The maximum absolute atomic E-state index is 12.4. The van der Waals surface area contributed by atoms with Gasteiger partial charge in [0.15, 0.2) is 0 Å². The van der Waals surface area contributed by atoms with Crippen LogP contribution in [0.25, 0.3) is 10.9 Å². The van der Waals surface area contributed by atoms with E-state index in [0.29, 0.717) is 6.54 Å². The van der Waals surface area contributed by atoms with Crippen LogP contribution in [0.15, 0.2) is 16.9 Å². The van der Waals surface area contributed by atoms with Gasteiger partial charge in [0.2, 0.25) is 0 Å². The van der Waals surface area contributed by atoms with Gasteiger partial charge in [0.1, 0.15) is 10.2 Å². The van der Waals surface area contributed by atoms with Crippen molar-refractivity contribution in [1.29, 1.82) is 0 Å². The monoisotopic (exact) mass is 394 g/mol. The predicted octanol–water partition coefficient (Wildman–Crippen LogP) is 4.07. The molecular weight excluding hydrogens is 372 g/mol. The standard InChI is InChI=1S/C17H23BrN4O2/c1-11-14-13(7-8-19-11)22(20-15(14)18)12-6-5-9-21(10-12)16(23)24-17(2,3)4/h7-8,12H,5-6,9-10H2,1-4H3. The minimum absolute atomic E-state index is 0.141. The average Bonchev–Trinajstić information content (AvgIpc) is 2.84. The zero-order valence-corrected chi connectivity index (χ0v) is 16.1. The maximum Gasteiger partial charge on any atom is 0.410 e. The maximum atomic E-state index is 12.4. The number of nitrogens with zero attached hydrogens (tertiary/aromatic N) is 4. The Balaban J connectivity index is 1.86. The van der Waals surface area contributed by atoms with Crippen molar-refractivity contribution in [2.45, 2.75) is 52.2 Å². The van der Waals surface area contributed by atoms with Gasteiger partial charge >= 0.3 is 6.09 Å². The number of aromatic nitrogens is 3. The molecule has 1 fully saturated rings. The quantitative estimate of drug-likeness (QED) is 0.730. The topological polar surface area (TPSA) is 60.2 Å². The van der Waals surface area contributed by atoms with Crippen LogP contribution in [-0.4, -0.2) is 44.4 Å². The van der Waals surface area contributed by atoms with E-state index in [0.717, 1.165) is 40.6 Å². The molecule has 0 N–H and O–H groups in total. The fraction of sp³-hybridized carbons (Fsp3) is 0.588. The molecule has 2 aromatic heterocycles. The van der Waals surface area contributed by atoms with Crippen LogP contribution in [0.3, 0.4) is 0 Å². The first kappa shape index (κ1) is 17.2. The molecule has 0 spiro atoms. The van der Waals surface area contributed by atoms with Crippen LogP contribution < -0.4 is 0 Å². The molecule has 1 atom stereocenters. The van der Waals surface area contributed by atoms with Gasteiger partial charge in [-0.15, -0.1) is 0 Å². The van der Waals surface area contributed by atoms with Gasteiger partial charge in [0.25, 0.3) is 0 Å². The Hall–Kier alpha value is -1.63. The lowest BCUT2D eigenvalue weighted by Crippen LogP contribution is -2.43. The highest BCUT2D eigenvalue weighted by Gasteiger charge is 2.30. The summed E-state index contributed by atoms with van der Waals surface area (Å²) >= 11 is 3.54. The van der Waals surface area contributed by atoms with E-state index < -0.39 is 5.60 Å². The van der Waals surface area contributed by atoms with Crippen LogP contribution in [0.4, 0.5) is 4.79 Å². The summed E-state index contributed by atoms with van der Waals surface area (Å²) in [6.45, 7) is 8.99. The van der Waals surface area contributed by atoms with Gasteiger partial charge in [-0.25, -0.2) is 4.79 Å². The SMILES string of the molecule is Cc1nccc2c1c(Br)nn2C1CCCN(C(=O)OC(C)(C)C)C1. The molecule has 3 rings (SSSR count). The number of likely N-dealkylation sites (tertiary alicyclic amines) is 1. The van der Waals surface area contributed by atoms with E-state index >= 15 is 0 Å². The van der Waals surface area contributed by atoms with Crippen LogP contribution >= 0.6 is 15.9 Å². The molecule has 1 aliphatic heterocycles. The number of carbonyl (C=O) groups excluding carboxylic acids is 1. The molecule has 0 aromatic carbocycles. The second kappa shape index (κ2) is 6.35. The smallest absolute Gasteiger partial charge is 0.410 e. The van der Waals surface area contributed by atoms with Crippen LogP contribution in [-0.2, 0) is 4.74 Å². The summed E-state index contributed by atoms with van der Waals surface area (Å²) in [5, 5.41) is 5.69. The number of aryl methyl sites for hydroxylation is 1. The Morgan fingerprint density at radius 2 is 2.17 bits per heavy atom. The van der Waals surface area contributed by atoms with Gasteiger partial charge in [0, 0.05) is 25.0 Å². The van der Waals surface area contributed by atoms with E-state index in [-0.39, 0.29) is 12.1 Å². The minimum atomic E-state index is -0.478. The van der Waals surface area contributed by atoms with Crippen LogP contribution in [0.5, 0.6) is 0 Å². The molecule has 1 amide bonds. The summed E-state index contributed by atoms with van der Waals surface area (Å²) in [5.41, 5.74) is 1.52. The summed E-state index contributed by atoms with van der Waals surface area (Å²) < 4.78 is 8.33. The molecule has 0 radical (unpaired) electrons. The normalized spacial score (nSPS) is 18.9. The Kier molecular flexibility index (Phi) is 4.55. The highest BCUT2D eigenvalue weighted by molar-refractivity contribution is 9.10. The number of pyridine rings is 1. The summed E-state index contributed by atoms with van der Waals surface area (Å²) in [5.74, 6) is 0. The van der Waals surface area contributed by atoms with Crippen molar-refractivity contribution in [3.63, 3.8) is 0 Å². The van der Waals surface area contributed by atoms with Crippen LogP contribution in [0.1, 0.15) is 45.3 Å². The number of ether oxygens (including phenoxy) is 1. The van der Waals surface area contributed by atoms with Gasteiger partial charge in [-0.2, -0.15) is 5.10 Å². The fourth-order valence-electron chi connectivity index (χ4n) is 3.12. The molecule has 1 aliphatic rings. The van der Waals surface area contributed by atoms with E-state index in [2.05, 4.69) is 26.0 Å². The molecule has 1 saturated heterocycles. The minimum Gasteiger partial charge on any atom is -0.444 e. The van der Waals surface area contributed by atoms with Gasteiger partial charge in [-0.05, 0) is 62.5 Å². The van der Waals surface area contributed by atoms with Gasteiger partial charge in [0.05, 0.1) is 16.9 Å². The lowest BCUT2D eigenvalue weighted by atomic mass is 10.1. The van der Waals surface area contributed by atoms with E-state index in [1.165, 1.54) is 0 Å². The van der Waals surface area contributed by atoms with Crippen molar-refractivity contribution in [3.8, 4) is 0 Å². The number of fused-ring (bicyclic) bond motifs is 1. The fourth-order valence-corrected chi connectivity index (χ4v) is 3.78. The lowest BCUT2D eigenvalue weighted by molar-refractivity contribution is 0.0169. The van der Waals surface area contributed by atoms with Crippen LogP contribution in [0, 0.1) is 6.92 Å². The number of piperidine rings is 1. The van der Waals surface area contributed by atoms with Crippen molar-refractivity contribution in [2.75, 3.05) is 13.1 Å². The number of hydrogen-bond donors (Lipinski definition) is 0. The van der Waals surface area contributed by atoms with Gasteiger partial charge in [-0.1, -0.05) is 0 Å². The number of hydrogen-bond acceptors (Lipinski definition) is 4. The first-order chi connectivity index (χ1) is 11.3. The van der Waals surface area contributed by atoms with Crippen LogP contribution in [0.2, 0.25) is 0 Å². The Bertz CT molecular complexity index is 766. The van der Waals surface area contributed by atoms with E-state index in [1.54, 1.807) is 11.1 Å². The predicted molar refractivity (Wildman–Crippen MR) is 96.0 cm³/mol. The molecule has 3 heterocycles. The Labute approximate surface area is 150 Å². The zero-order valence-electron chi connectivity index (χ0n) is 14.5. The Morgan fingerprint density at radius 3 is 2.88 bits per heavy atom. The molecular formula is C17H23BrN4O2. The molecule has 130 valence electrons. The number of carbonyl (C=O) groups is 1. The number of amides is 1. The second-order valence-electron chi connectivity index (χ2n) is 7.25. The average molecular weight is 395 g/mol. The summed E-state index contributed by atoms with van der Waals surface area (Å²) in [6, 6.07) is 2.12. The molecule has 7 heteroatoms. The second-order valence-corrected chi connectivity index (χ2v) is 8.00. The highest BCUT2D eigenvalue weighted by Crippen LogP contribution is 2.31. The van der Waals surface area contributed by atoms with Crippen molar-refractivity contribution < 1.29 is 9.53 Å². The molecule has 0 bridgehead atoms. The first-order valence-corrected chi connectivity index (χ1v) is 9.03. The third-order valence-electron chi connectivity index (χ3n) is 4.16. The highest BCUT2D eigenvalue weighted by atomic mass is 79.9. The number of rotatable bonds is 1. The third-order valence-corrected chi connectivity index (χ3v) is 4.72. The van der Waals surface area contributed by atoms with E-state index in [1.807, 2.05) is 38.4 Å². The van der Waals surface area contributed by atoms with Gasteiger partial charge in [-0.3, -0.25) is 9.67 Å². The van der Waals surface area contributed by atoms with E-state index in [9.17, 15) is 4.79 Å². The zero-order chi connectivity index (χ0) is 17.5. The van der Waals surface area contributed by atoms with Crippen molar-refractivity contribution >= 4 is 32.9 Å². The largest absolute Gasteiger partial charge is 0.444 e. The van der Waals surface area contributed by atoms with Crippen molar-refractivity contribution in [1.82, 2.24) is 19.7 Å². The molecule has 0 saturated carbocycles. The molecule has 1 unspecified atom stereocenters. The molecule has 24 heavy (non-hydrogen) atoms. The summed E-state index contributed by atoms with van der Waals surface area (Å²) in [6.07, 6.45) is 3.48. The molecule has 2 aromatic rings. The van der Waals surface area contributed by atoms with Crippen molar-refractivity contribution in [2.24, 2.45) is 0 Å². The van der Waals surface area contributed by atoms with E-state index in [4.69, 9.17) is 4.74 Å². The molecule has 0 aliphatic carbocycles. The Morgan fingerprint density at radius 1 is 1.42 bits per heavy atom.